The van der Waals surface area contributed by atoms with Crippen LogP contribution in [0.3, 0.4) is 0 Å². The van der Waals surface area contributed by atoms with Gasteiger partial charge in [-0.3, -0.25) is 4.79 Å². The van der Waals surface area contributed by atoms with Crippen LogP contribution in [0, 0.1) is 11.3 Å². The highest BCUT2D eigenvalue weighted by molar-refractivity contribution is 5.75. The van der Waals surface area contributed by atoms with Gasteiger partial charge in [-0.2, -0.15) is 5.26 Å². The SMILES string of the molecule is CCOc1cc(C#N)ccc1OCCC(=O)NC. The molecule has 0 aromatic heterocycles. The van der Waals surface area contributed by atoms with Crippen molar-refractivity contribution in [3.8, 4) is 17.6 Å². The summed E-state index contributed by atoms with van der Waals surface area (Å²) >= 11 is 0. The molecule has 0 saturated carbocycles. The van der Waals surface area contributed by atoms with Crippen molar-refractivity contribution in [1.82, 2.24) is 5.32 Å². The largest absolute Gasteiger partial charge is 0.490 e. The molecule has 1 aromatic rings. The third kappa shape index (κ3) is 3.98. The van der Waals surface area contributed by atoms with Gasteiger partial charge >= 0.3 is 0 Å². The van der Waals surface area contributed by atoms with Gasteiger partial charge in [-0.1, -0.05) is 0 Å². The molecule has 0 bridgehead atoms. The Morgan fingerprint density at radius 3 is 2.78 bits per heavy atom. The molecule has 1 rings (SSSR count). The maximum Gasteiger partial charge on any atom is 0.223 e. The van der Waals surface area contributed by atoms with Crippen molar-refractivity contribution < 1.29 is 14.3 Å². The molecule has 0 spiro atoms. The summed E-state index contributed by atoms with van der Waals surface area (Å²) in [5, 5.41) is 11.3. The van der Waals surface area contributed by atoms with Gasteiger partial charge in [-0.05, 0) is 19.1 Å². The first-order valence-electron chi connectivity index (χ1n) is 5.71. The molecule has 18 heavy (non-hydrogen) atoms. The van der Waals surface area contributed by atoms with E-state index in [1.807, 2.05) is 13.0 Å². The molecular weight excluding hydrogens is 232 g/mol. The van der Waals surface area contributed by atoms with E-state index in [2.05, 4.69) is 5.32 Å². The van der Waals surface area contributed by atoms with E-state index in [4.69, 9.17) is 14.7 Å². The Balaban J connectivity index is 2.69. The number of benzene rings is 1. The molecular formula is C13H16N2O3. The lowest BCUT2D eigenvalue weighted by Gasteiger charge is -2.11. The smallest absolute Gasteiger partial charge is 0.223 e. The normalized spacial score (nSPS) is 9.39. The molecule has 0 radical (unpaired) electrons. The van der Waals surface area contributed by atoms with Gasteiger partial charge in [0, 0.05) is 13.1 Å². The first-order chi connectivity index (χ1) is 8.71. The van der Waals surface area contributed by atoms with E-state index in [0.717, 1.165) is 0 Å². The fraction of sp³-hybridized carbons (Fsp3) is 0.385. The number of rotatable bonds is 6. The molecule has 0 unspecified atom stereocenters. The number of ether oxygens (including phenoxy) is 2. The van der Waals surface area contributed by atoms with E-state index in [1.54, 1.807) is 25.2 Å². The zero-order chi connectivity index (χ0) is 13.4. The Kier molecular flexibility index (Phi) is 5.52. The Labute approximate surface area is 106 Å². The first-order valence-corrected chi connectivity index (χ1v) is 5.71. The van der Waals surface area contributed by atoms with Crippen molar-refractivity contribution in [3.63, 3.8) is 0 Å². The number of nitriles is 1. The quantitative estimate of drug-likeness (QED) is 0.827. The maximum atomic E-state index is 11.0. The Morgan fingerprint density at radius 2 is 2.17 bits per heavy atom. The zero-order valence-corrected chi connectivity index (χ0v) is 10.5. The van der Waals surface area contributed by atoms with Gasteiger partial charge in [0.1, 0.15) is 0 Å². The van der Waals surface area contributed by atoms with Gasteiger partial charge in [0.2, 0.25) is 5.91 Å². The van der Waals surface area contributed by atoms with Crippen LogP contribution in [-0.2, 0) is 4.79 Å². The van der Waals surface area contributed by atoms with Crippen LogP contribution in [0.25, 0.3) is 0 Å². The van der Waals surface area contributed by atoms with Crippen molar-refractivity contribution >= 4 is 5.91 Å². The standard InChI is InChI=1S/C13H16N2O3/c1-3-17-12-8-10(9-14)4-5-11(12)18-7-6-13(16)15-2/h4-5,8H,3,6-7H2,1-2H3,(H,15,16). The second kappa shape index (κ2) is 7.17. The lowest BCUT2D eigenvalue weighted by atomic mass is 10.2. The van der Waals surface area contributed by atoms with Crippen LogP contribution in [0.4, 0.5) is 0 Å². The van der Waals surface area contributed by atoms with Crippen LogP contribution >= 0.6 is 0 Å². The molecule has 0 aliphatic rings. The van der Waals surface area contributed by atoms with Gasteiger partial charge < -0.3 is 14.8 Å². The van der Waals surface area contributed by atoms with E-state index in [-0.39, 0.29) is 18.9 Å². The number of amides is 1. The molecule has 1 amide bonds. The minimum Gasteiger partial charge on any atom is -0.490 e. The van der Waals surface area contributed by atoms with Gasteiger partial charge in [-0.25, -0.2) is 0 Å². The van der Waals surface area contributed by atoms with Crippen LogP contribution in [0.5, 0.6) is 11.5 Å². The predicted molar refractivity (Wildman–Crippen MR) is 66.5 cm³/mol. The van der Waals surface area contributed by atoms with Crippen LogP contribution in [0.1, 0.15) is 18.9 Å². The summed E-state index contributed by atoms with van der Waals surface area (Å²) in [6, 6.07) is 6.99. The van der Waals surface area contributed by atoms with Crippen molar-refractivity contribution in [2.45, 2.75) is 13.3 Å². The number of hydrogen-bond acceptors (Lipinski definition) is 4. The third-order valence-corrected chi connectivity index (χ3v) is 2.24. The minimum absolute atomic E-state index is 0.0818. The molecule has 1 aromatic carbocycles. The number of nitrogens with zero attached hydrogens (tertiary/aromatic N) is 1. The van der Waals surface area contributed by atoms with E-state index in [9.17, 15) is 4.79 Å². The molecule has 96 valence electrons. The van der Waals surface area contributed by atoms with Crippen LogP contribution < -0.4 is 14.8 Å². The fourth-order valence-electron chi connectivity index (χ4n) is 1.34. The number of nitrogens with one attached hydrogen (secondary N) is 1. The average Bonchev–Trinajstić information content (AvgIpc) is 2.40. The molecule has 0 fully saturated rings. The molecule has 0 aliphatic heterocycles. The highest BCUT2D eigenvalue weighted by Crippen LogP contribution is 2.28. The van der Waals surface area contributed by atoms with Crippen LogP contribution in [0.15, 0.2) is 18.2 Å². The number of carbonyl (C=O) groups is 1. The van der Waals surface area contributed by atoms with Gasteiger partial charge in [-0.15, -0.1) is 0 Å². The van der Waals surface area contributed by atoms with E-state index < -0.39 is 0 Å². The summed E-state index contributed by atoms with van der Waals surface area (Å²) in [6.07, 6.45) is 0.280. The van der Waals surface area contributed by atoms with Gasteiger partial charge in [0.25, 0.3) is 0 Å². The fourth-order valence-corrected chi connectivity index (χ4v) is 1.34. The molecule has 0 saturated heterocycles. The Bertz CT molecular complexity index is 452. The molecule has 0 heterocycles. The average molecular weight is 248 g/mol. The third-order valence-electron chi connectivity index (χ3n) is 2.24. The monoisotopic (exact) mass is 248 g/mol. The van der Waals surface area contributed by atoms with Crippen molar-refractivity contribution in [1.29, 1.82) is 5.26 Å². The summed E-state index contributed by atoms with van der Waals surface area (Å²) in [5.74, 6) is 0.981. The van der Waals surface area contributed by atoms with Gasteiger partial charge in [0.05, 0.1) is 31.3 Å². The molecule has 5 nitrogen and oxygen atoms in total. The van der Waals surface area contributed by atoms with Crippen LogP contribution in [-0.4, -0.2) is 26.2 Å². The lowest BCUT2D eigenvalue weighted by Crippen LogP contribution is -2.20. The van der Waals surface area contributed by atoms with Crippen molar-refractivity contribution in [2.24, 2.45) is 0 Å². The van der Waals surface area contributed by atoms with Crippen LogP contribution in [0.2, 0.25) is 0 Å². The topological polar surface area (TPSA) is 71.3 Å². The first kappa shape index (κ1) is 13.8. The summed E-state index contributed by atoms with van der Waals surface area (Å²) in [6.45, 7) is 2.61. The lowest BCUT2D eigenvalue weighted by molar-refractivity contribution is -0.121. The second-order valence-electron chi connectivity index (χ2n) is 3.48. The second-order valence-corrected chi connectivity index (χ2v) is 3.48. The Hall–Kier alpha value is -2.22. The van der Waals surface area contributed by atoms with E-state index in [1.165, 1.54) is 0 Å². The van der Waals surface area contributed by atoms with Crippen molar-refractivity contribution in [2.75, 3.05) is 20.3 Å². The summed E-state index contributed by atoms with van der Waals surface area (Å²) in [4.78, 5) is 11.0. The van der Waals surface area contributed by atoms with Gasteiger partial charge in [0.15, 0.2) is 11.5 Å². The highest BCUT2D eigenvalue weighted by Gasteiger charge is 2.07. The molecule has 0 atom stereocenters. The summed E-state index contributed by atoms with van der Waals surface area (Å²) in [7, 11) is 1.58. The Morgan fingerprint density at radius 1 is 1.39 bits per heavy atom. The predicted octanol–water partition coefficient (Wildman–Crippen LogP) is 1.47. The highest BCUT2D eigenvalue weighted by atomic mass is 16.5. The zero-order valence-electron chi connectivity index (χ0n) is 10.5. The molecule has 1 N–H and O–H groups in total. The van der Waals surface area contributed by atoms with Crippen molar-refractivity contribution in [3.05, 3.63) is 23.8 Å². The van der Waals surface area contributed by atoms with E-state index >= 15 is 0 Å². The maximum absolute atomic E-state index is 11.0. The number of carbonyl (C=O) groups excluding carboxylic acids is 1. The minimum atomic E-state index is -0.0818. The molecule has 0 aliphatic carbocycles. The van der Waals surface area contributed by atoms with E-state index in [0.29, 0.717) is 23.7 Å². The number of hydrogen-bond donors (Lipinski definition) is 1. The summed E-state index contributed by atoms with van der Waals surface area (Å²) < 4.78 is 10.9. The molecule has 5 heteroatoms. The summed E-state index contributed by atoms with van der Waals surface area (Å²) in [5.41, 5.74) is 0.511.